The molecule has 1 aromatic rings. The van der Waals surface area contributed by atoms with Crippen LogP contribution in [-0.2, 0) is 6.54 Å². The number of thiophene rings is 1. The van der Waals surface area contributed by atoms with Crippen LogP contribution < -0.4 is 10.6 Å². The van der Waals surface area contributed by atoms with E-state index in [2.05, 4.69) is 51.9 Å². The molecule has 0 bridgehead atoms. The zero-order valence-electron chi connectivity index (χ0n) is 13.8. The largest absolute Gasteiger partial charge is 0.355 e. The molecule has 1 aromatic heterocycles. The number of hydrogen-bond donors (Lipinski definition) is 2. The topological polar surface area (TPSA) is 39.7 Å². The molecule has 0 aliphatic carbocycles. The zero-order chi connectivity index (χ0) is 15.1. The Bertz CT molecular complexity index is 427. The fourth-order valence-electron chi connectivity index (χ4n) is 2.65. The molecule has 0 radical (unpaired) electrons. The van der Waals surface area contributed by atoms with Gasteiger partial charge in [0.2, 0.25) is 0 Å². The average Bonchev–Trinajstić information content (AvgIpc) is 3.01. The van der Waals surface area contributed by atoms with E-state index in [0.717, 1.165) is 25.0 Å². The molecule has 6 heteroatoms. The highest BCUT2D eigenvalue weighted by Gasteiger charge is 2.20. The van der Waals surface area contributed by atoms with Crippen LogP contribution in [0.2, 0.25) is 0 Å². The second-order valence-electron chi connectivity index (χ2n) is 5.95. The molecule has 2 rings (SSSR count). The summed E-state index contributed by atoms with van der Waals surface area (Å²) in [5, 5.41) is 8.91. The summed E-state index contributed by atoms with van der Waals surface area (Å²) in [6.07, 6.45) is 2.66. The van der Waals surface area contributed by atoms with Crippen molar-refractivity contribution in [2.24, 2.45) is 10.9 Å². The van der Waals surface area contributed by atoms with E-state index in [1.165, 1.54) is 30.8 Å². The van der Waals surface area contributed by atoms with Crippen molar-refractivity contribution in [3.63, 3.8) is 0 Å². The van der Waals surface area contributed by atoms with Gasteiger partial charge in [0.25, 0.3) is 0 Å². The van der Waals surface area contributed by atoms with Gasteiger partial charge in [-0.3, -0.25) is 9.89 Å². The number of rotatable bonds is 5. The van der Waals surface area contributed by atoms with Crippen molar-refractivity contribution in [1.29, 1.82) is 0 Å². The van der Waals surface area contributed by atoms with E-state index in [9.17, 15) is 0 Å². The first-order valence-corrected chi connectivity index (χ1v) is 8.78. The van der Waals surface area contributed by atoms with Crippen LogP contribution in [-0.4, -0.2) is 43.6 Å². The van der Waals surface area contributed by atoms with Crippen molar-refractivity contribution in [3.8, 4) is 0 Å². The van der Waals surface area contributed by atoms with Crippen molar-refractivity contribution in [2.75, 3.05) is 26.7 Å². The normalized spacial score (nSPS) is 18.6. The lowest BCUT2D eigenvalue weighted by molar-refractivity contribution is 0.147. The highest BCUT2D eigenvalue weighted by atomic mass is 127. The zero-order valence-corrected chi connectivity index (χ0v) is 17.0. The number of likely N-dealkylation sites (tertiary alicyclic amines) is 1. The second kappa shape index (κ2) is 10.4. The molecule has 1 aliphatic rings. The number of nitrogens with one attached hydrogen (secondary N) is 2. The van der Waals surface area contributed by atoms with Crippen LogP contribution in [0.15, 0.2) is 22.5 Å². The Balaban J connectivity index is 0.00000242. The minimum absolute atomic E-state index is 0. The lowest BCUT2D eigenvalue weighted by atomic mass is 9.98. The van der Waals surface area contributed by atoms with Gasteiger partial charge in [-0.1, -0.05) is 13.0 Å². The summed E-state index contributed by atoms with van der Waals surface area (Å²) in [5.74, 6) is 1.78. The Morgan fingerprint density at radius 3 is 2.73 bits per heavy atom. The Kier molecular flexibility index (Phi) is 9.35. The number of guanidine groups is 1. The van der Waals surface area contributed by atoms with Crippen molar-refractivity contribution < 1.29 is 0 Å². The number of hydrogen-bond acceptors (Lipinski definition) is 3. The van der Waals surface area contributed by atoms with Gasteiger partial charge in [0.15, 0.2) is 5.96 Å². The fraction of sp³-hybridized carbons (Fsp3) is 0.688. The van der Waals surface area contributed by atoms with E-state index in [-0.39, 0.29) is 24.0 Å². The van der Waals surface area contributed by atoms with Gasteiger partial charge in [0.1, 0.15) is 0 Å². The van der Waals surface area contributed by atoms with Crippen molar-refractivity contribution in [1.82, 2.24) is 15.5 Å². The predicted molar refractivity (Wildman–Crippen MR) is 107 cm³/mol. The Labute approximate surface area is 155 Å². The maximum Gasteiger partial charge on any atom is 0.191 e. The van der Waals surface area contributed by atoms with Gasteiger partial charge in [0.05, 0.1) is 6.54 Å². The van der Waals surface area contributed by atoms with Gasteiger partial charge in [-0.2, -0.15) is 0 Å². The summed E-state index contributed by atoms with van der Waals surface area (Å²) in [7, 11) is 1.83. The molecule has 22 heavy (non-hydrogen) atoms. The number of nitrogens with zero attached hydrogens (tertiary/aromatic N) is 2. The van der Waals surface area contributed by atoms with E-state index in [0.29, 0.717) is 6.04 Å². The summed E-state index contributed by atoms with van der Waals surface area (Å²) in [5.41, 5.74) is 0. The Hall–Kier alpha value is -0.340. The summed E-state index contributed by atoms with van der Waals surface area (Å²) in [6, 6.07) is 4.78. The molecule has 1 aliphatic heterocycles. The van der Waals surface area contributed by atoms with Crippen LogP contribution in [0.3, 0.4) is 0 Å². The van der Waals surface area contributed by atoms with E-state index < -0.39 is 0 Å². The highest BCUT2D eigenvalue weighted by molar-refractivity contribution is 14.0. The van der Waals surface area contributed by atoms with Crippen LogP contribution in [0.5, 0.6) is 0 Å². The van der Waals surface area contributed by atoms with Gasteiger partial charge >= 0.3 is 0 Å². The molecule has 0 amide bonds. The van der Waals surface area contributed by atoms with Crippen molar-refractivity contribution in [3.05, 3.63) is 22.4 Å². The van der Waals surface area contributed by atoms with Crippen LogP contribution in [0, 0.1) is 5.92 Å². The molecule has 126 valence electrons. The molecule has 0 saturated carbocycles. The highest BCUT2D eigenvalue weighted by Crippen LogP contribution is 2.17. The molecular weight excluding hydrogens is 407 g/mol. The van der Waals surface area contributed by atoms with Gasteiger partial charge in [-0.05, 0) is 50.2 Å². The smallest absolute Gasteiger partial charge is 0.191 e. The van der Waals surface area contributed by atoms with E-state index in [1.54, 1.807) is 11.3 Å². The first-order chi connectivity index (χ1) is 10.2. The lowest BCUT2D eigenvalue weighted by Gasteiger charge is -2.35. The quantitative estimate of drug-likeness (QED) is 0.423. The van der Waals surface area contributed by atoms with Crippen LogP contribution in [0.1, 0.15) is 31.6 Å². The Morgan fingerprint density at radius 1 is 1.41 bits per heavy atom. The number of halogens is 1. The molecule has 1 saturated heterocycles. The predicted octanol–water partition coefficient (Wildman–Crippen LogP) is 3.15. The minimum Gasteiger partial charge on any atom is -0.355 e. The molecule has 2 N–H and O–H groups in total. The standard InChI is InChI=1S/C16H28N4S.HI/c1-13-6-8-20(9-7-13)14(2)11-18-16(17-3)19-12-15-5-4-10-21-15;/h4-5,10,13-14H,6-9,11-12H2,1-3H3,(H2,17,18,19);1H. The lowest BCUT2D eigenvalue weighted by Crippen LogP contribution is -2.47. The van der Waals surface area contributed by atoms with E-state index in [4.69, 9.17) is 0 Å². The van der Waals surface area contributed by atoms with Crippen LogP contribution >= 0.6 is 35.3 Å². The van der Waals surface area contributed by atoms with Crippen LogP contribution in [0.25, 0.3) is 0 Å². The molecule has 0 spiro atoms. The minimum atomic E-state index is 0. The number of piperidine rings is 1. The van der Waals surface area contributed by atoms with E-state index in [1.807, 2.05) is 7.05 Å². The summed E-state index contributed by atoms with van der Waals surface area (Å²) >= 11 is 1.77. The van der Waals surface area contributed by atoms with Gasteiger partial charge in [-0.25, -0.2) is 0 Å². The molecule has 1 unspecified atom stereocenters. The summed E-state index contributed by atoms with van der Waals surface area (Å²) in [4.78, 5) is 8.21. The first kappa shape index (κ1) is 19.7. The SMILES string of the molecule is CN=C(NCc1cccs1)NCC(C)N1CCC(C)CC1.I. The molecular formula is C16H29IN4S. The molecule has 1 atom stereocenters. The molecule has 0 aromatic carbocycles. The van der Waals surface area contributed by atoms with Crippen molar-refractivity contribution >= 4 is 41.3 Å². The number of aliphatic imine (C=N–C) groups is 1. The maximum atomic E-state index is 4.30. The monoisotopic (exact) mass is 436 g/mol. The summed E-state index contributed by atoms with van der Waals surface area (Å²) < 4.78 is 0. The first-order valence-electron chi connectivity index (χ1n) is 7.90. The van der Waals surface area contributed by atoms with Gasteiger partial charge in [0, 0.05) is 24.5 Å². The molecule has 2 heterocycles. The maximum absolute atomic E-state index is 4.30. The fourth-order valence-corrected chi connectivity index (χ4v) is 3.29. The van der Waals surface area contributed by atoms with Gasteiger partial charge in [-0.15, -0.1) is 35.3 Å². The van der Waals surface area contributed by atoms with Crippen molar-refractivity contribution in [2.45, 2.75) is 39.3 Å². The molecule has 4 nitrogen and oxygen atoms in total. The van der Waals surface area contributed by atoms with Gasteiger partial charge < -0.3 is 10.6 Å². The third kappa shape index (κ3) is 6.42. The van der Waals surface area contributed by atoms with E-state index >= 15 is 0 Å². The third-order valence-electron chi connectivity index (χ3n) is 4.24. The molecule has 1 fully saturated rings. The summed E-state index contributed by atoms with van der Waals surface area (Å²) in [6.45, 7) is 8.90. The third-order valence-corrected chi connectivity index (χ3v) is 5.12. The second-order valence-corrected chi connectivity index (χ2v) is 6.99. The van der Waals surface area contributed by atoms with Crippen LogP contribution in [0.4, 0.5) is 0 Å². The average molecular weight is 436 g/mol. The Morgan fingerprint density at radius 2 is 2.14 bits per heavy atom.